The number of aromatic carboxylic acids is 1. The molecule has 0 fully saturated rings. The Bertz CT molecular complexity index is 687. The number of nitrogens with zero attached hydrogens (tertiary/aromatic N) is 1. The van der Waals surface area contributed by atoms with Crippen LogP contribution >= 0.6 is 23.2 Å². The van der Waals surface area contributed by atoms with Gasteiger partial charge in [0, 0.05) is 11.9 Å². The zero-order valence-electron chi connectivity index (χ0n) is 10.9. The third kappa shape index (κ3) is 2.86. The molecule has 20 heavy (non-hydrogen) atoms. The molecule has 0 amide bonds. The molecule has 0 radical (unpaired) electrons. The van der Waals surface area contributed by atoms with Crippen LogP contribution in [-0.4, -0.2) is 16.1 Å². The van der Waals surface area contributed by atoms with Crippen LogP contribution in [0.5, 0.6) is 0 Å². The zero-order chi connectivity index (χ0) is 14.9. The van der Waals surface area contributed by atoms with Crippen molar-refractivity contribution in [3.63, 3.8) is 0 Å². The number of hydrogen-bond acceptors (Lipinski definition) is 3. The molecule has 0 bridgehead atoms. The summed E-state index contributed by atoms with van der Waals surface area (Å²) in [6.07, 6.45) is 1.30. The van der Waals surface area contributed by atoms with E-state index in [1.807, 2.05) is 6.92 Å². The Hall–Kier alpha value is -1.78. The van der Waals surface area contributed by atoms with Crippen LogP contribution in [0.2, 0.25) is 10.0 Å². The van der Waals surface area contributed by atoms with Crippen molar-refractivity contribution in [3.8, 4) is 0 Å². The number of carboxylic acids is 1. The predicted molar refractivity (Wildman–Crippen MR) is 80.4 cm³/mol. The van der Waals surface area contributed by atoms with Crippen molar-refractivity contribution in [2.75, 3.05) is 5.32 Å². The standard InChI is InChI=1S/C14H12Cl2N2O2/c1-7-3-4-10(15)13(12(7)16)18-11-5-8(2)17-6-9(11)14(19)20/h3-6H,1-2H3,(H,17,18)(H,19,20). The third-order valence-corrected chi connectivity index (χ3v) is 3.62. The van der Waals surface area contributed by atoms with E-state index in [1.54, 1.807) is 25.1 Å². The van der Waals surface area contributed by atoms with Gasteiger partial charge in [0.2, 0.25) is 0 Å². The van der Waals surface area contributed by atoms with E-state index >= 15 is 0 Å². The molecule has 0 aliphatic carbocycles. The minimum absolute atomic E-state index is 0.0595. The van der Waals surface area contributed by atoms with Crippen molar-refractivity contribution in [3.05, 3.63) is 51.3 Å². The Morgan fingerprint density at radius 1 is 1.30 bits per heavy atom. The Morgan fingerprint density at radius 3 is 2.65 bits per heavy atom. The second-order valence-corrected chi connectivity index (χ2v) is 5.14. The first kappa shape index (κ1) is 14.6. The summed E-state index contributed by atoms with van der Waals surface area (Å²) < 4.78 is 0. The molecule has 0 aliphatic heterocycles. The molecule has 0 saturated heterocycles. The van der Waals surface area contributed by atoms with E-state index in [-0.39, 0.29) is 5.56 Å². The van der Waals surface area contributed by atoms with Crippen LogP contribution in [0.4, 0.5) is 11.4 Å². The topological polar surface area (TPSA) is 62.2 Å². The first-order valence-electron chi connectivity index (χ1n) is 5.81. The van der Waals surface area contributed by atoms with Gasteiger partial charge in [-0.3, -0.25) is 4.98 Å². The van der Waals surface area contributed by atoms with E-state index in [0.717, 1.165) is 5.56 Å². The molecular formula is C14H12Cl2N2O2. The maximum absolute atomic E-state index is 11.2. The van der Waals surface area contributed by atoms with Crippen molar-refractivity contribution < 1.29 is 9.90 Å². The van der Waals surface area contributed by atoms with Gasteiger partial charge in [-0.2, -0.15) is 0 Å². The average molecular weight is 311 g/mol. The fourth-order valence-electron chi connectivity index (χ4n) is 1.74. The zero-order valence-corrected chi connectivity index (χ0v) is 12.4. The van der Waals surface area contributed by atoms with E-state index in [9.17, 15) is 9.90 Å². The van der Waals surface area contributed by atoms with Gasteiger partial charge in [-0.1, -0.05) is 29.3 Å². The molecule has 0 saturated carbocycles. The second-order valence-electron chi connectivity index (χ2n) is 4.35. The van der Waals surface area contributed by atoms with Crippen LogP contribution in [0.3, 0.4) is 0 Å². The highest BCUT2D eigenvalue weighted by molar-refractivity contribution is 6.39. The Balaban J connectivity index is 2.53. The summed E-state index contributed by atoms with van der Waals surface area (Å²) in [6.45, 7) is 3.62. The Morgan fingerprint density at radius 2 is 2.00 bits per heavy atom. The van der Waals surface area contributed by atoms with Gasteiger partial charge >= 0.3 is 5.97 Å². The number of carboxylic acid groups (broad SMARTS) is 1. The first-order valence-corrected chi connectivity index (χ1v) is 6.57. The summed E-state index contributed by atoms with van der Waals surface area (Å²) in [5.41, 5.74) is 2.49. The number of aryl methyl sites for hydroxylation is 2. The lowest BCUT2D eigenvalue weighted by molar-refractivity contribution is 0.0697. The highest BCUT2D eigenvalue weighted by Gasteiger charge is 2.15. The van der Waals surface area contributed by atoms with Crippen LogP contribution in [0.15, 0.2) is 24.4 Å². The SMILES string of the molecule is Cc1cc(Nc2c(Cl)ccc(C)c2Cl)c(C(=O)O)cn1. The van der Waals surface area contributed by atoms with Gasteiger partial charge in [-0.05, 0) is 31.5 Å². The molecule has 2 N–H and O–H groups in total. The molecule has 2 rings (SSSR count). The highest BCUT2D eigenvalue weighted by Crippen LogP contribution is 2.35. The number of benzene rings is 1. The lowest BCUT2D eigenvalue weighted by Gasteiger charge is -2.14. The lowest BCUT2D eigenvalue weighted by atomic mass is 10.1. The fourth-order valence-corrected chi connectivity index (χ4v) is 2.20. The molecule has 0 unspecified atom stereocenters. The molecular weight excluding hydrogens is 299 g/mol. The number of rotatable bonds is 3. The second kappa shape index (κ2) is 5.69. The van der Waals surface area contributed by atoms with Crippen LogP contribution in [0.1, 0.15) is 21.6 Å². The smallest absolute Gasteiger partial charge is 0.339 e. The van der Waals surface area contributed by atoms with E-state index in [0.29, 0.717) is 27.1 Å². The van der Waals surface area contributed by atoms with Crippen molar-refractivity contribution in [1.82, 2.24) is 4.98 Å². The number of halogens is 2. The van der Waals surface area contributed by atoms with E-state index in [4.69, 9.17) is 23.2 Å². The maximum Gasteiger partial charge on any atom is 0.339 e. The van der Waals surface area contributed by atoms with Crippen molar-refractivity contribution >= 4 is 40.5 Å². The molecule has 1 aromatic carbocycles. The molecule has 1 heterocycles. The van der Waals surface area contributed by atoms with Crippen molar-refractivity contribution in [2.45, 2.75) is 13.8 Å². The first-order chi connectivity index (χ1) is 9.40. The highest BCUT2D eigenvalue weighted by atomic mass is 35.5. The van der Waals surface area contributed by atoms with Crippen LogP contribution < -0.4 is 5.32 Å². The quantitative estimate of drug-likeness (QED) is 0.879. The lowest BCUT2D eigenvalue weighted by Crippen LogP contribution is -2.05. The molecule has 0 aliphatic rings. The third-order valence-electron chi connectivity index (χ3n) is 2.81. The van der Waals surface area contributed by atoms with Gasteiger partial charge in [0.05, 0.1) is 21.4 Å². The largest absolute Gasteiger partial charge is 0.478 e. The number of pyridine rings is 1. The van der Waals surface area contributed by atoms with E-state index in [2.05, 4.69) is 10.3 Å². The summed E-state index contributed by atoms with van der Waals surface area (Å²) in [4.78, 5) is 15.2. The van der Waals surface area contributed by atoms with Crippen molar-refractivity contribution in [1.29, 1.82) is 0 Å². The van der Waals surface area contributed by atoms with Gasteiger partial charge < -0.3 is 10.4 Å². The summed E-state index contributed by atoms with van der Waals surface area (Å²) in [5, 5.41) is 13.1. The Kier molecular flexibility index (Phi) is 4.16. The molecule has 0 atom stereocenters. The number of carbonyl (C=O) groups is 1. The van der Waals surface area contributed by atoms with Crippen LogP contribution in [-0.2, 0) is 0 Å². The molecule has 1 aromatic heterocycles. The maximum atomic E-state index is 11.2. The Labute approximate surface area is 126 Å². The van der Waals surface area contributed by atoms with Gasteiger partial charge in [0.25, 0.3) is 0 Å². The number of nitrogens with one attached hydrogen (secondary N) is 1. The molecule has 104 valence electrons. The number of anilines is 2. The molecule has 4 nitrogen and oxygen atoms in total. The van der Waals surface area contributed by atoms with Crippen LogP contribution in [0, 0.1) is 13.8 Å². The number of hydrogen-bond donors (Lipinski definition) is 2. The molecule has 2 aromatic rings. The van der Waals surface area contributed by atoms with Crippen LogP contribution in [0.25, 0.3) is 0 Å². The van der Waals surface area contributed by atoms with Crippen molar-refractivity contribution in [2.24, 2.45) is 0 Å². The fraction of sp³-hybridized carbons (Fsp3) is 0.143. The van der Waals surface area contributed by atoms with Gasteiger partial charge in [-0.15, -0.1) is 0 Å². The normalized spacial score (nSPS) is 10.4. The summed E-state index contributed by atoms with van der Waals surface area (Å²) >= 11 is 12.3. The van der Waals surface area contributed by atoms with Gasteiger partial charge in [0.1, 0.15) is 5.56 Å². The van der Waals surface area contributed by atoms with Gasteiger partial charge in [0.15, 0.2) is 0 Å². The molecule has 0 spiro atoms. The minimum Gasteiger partial charge on any atom is -0.478 e. The summed E-state index contributed by atoms with van der Waals surface area (Å²) in [6, 6.07) is 5.14. The average Bonchev–Trinajstić information content (AvgIpc) is 2.39. The summed E-state index contributed by atoms with van der Waals surface area (Å²) in [7, 11) is 0. The predicted octanol–water partition coefficient (Wildman–Crippen LogP) is 4.45. The number of aromatic nitrogens is 1. The summed E-state index contributed by atoms with van der Waals surface area (Å²) in [5.74, 6) is -1.07. The van der Waals surface area contributed by atoms with E-state index in [1.165, 1.54) is 6.20 Å². The van der Waals surface area contributed by atoms with E-state index < -0.39 is 5.97 Å². The molecule has 6 heteroatoms. The monoisotopic (exact) mass is 310 g/mol. The minimum atomic E-state index is -1.07. The van der Waals surface area contributed by atoms with Gasteiger partial charge in [-0.25, -0.2) is 4.79 Å².